The van der Waals surface area contributed by atoms with Gasteiger partial charge in [0, 0.05) is 24.7 Å². The predicted octanol–water partition coefficient (Wildman–Crippen LogP) is 2.07. The Kier molecular flexibility index (Phi) is 4.73. The van der Waals surface area contributed by atoms with Crippen molar-refractivity contribution in [3.05, 3.63) is 29.3 Å². The molecule has 0 aliphatic carbocycles. The van der Waals surface area contributed by atoms with Crippen molar-refractivity contribution in [2.75, 3.05) is 40.3 Å². The molecule has 0 saturated carbocycles. The van der Waals surface area contributed by atoms with Gasteiger partial charge < -0.3 is 9.64 Å². The van der Waals surface area contributed by atoms with Crippen molar-refractivity contribution < 1.29 is 13.2 Å². The Bertz CT molecular complexity index is 662. The van der Waals surface area contributed by atoms with Crippen LogP contribution < -0.4 is 0 Å². The van der Waals surface area contributed by atoms with E-state index in [-0.39, 0.29) is 10.5 Å². The van der Waals surface area contributed by atoms with Crippen LogP contribution in [0.25, 0.3) is 0 Å². The highest BCUT2D eigenvalue weighted by Gasteiger charge is 2.51. The van der Waals surface area contributed by atoms with Crippen molar-refractivity contribution in [2.45, 2.75) is 23.3 Å². The number of hydrogen-bond acceptors (Lipinski definition) is 4. The molecule has 1 spiro atoms. The fourth-order valence-corrected chi connectivity index (χ4v) is 5.26. The summed E-state index contributed by atoms with van der Waals surface area (Å²) in [5.74, 6) is 0.536. The molecule has 1 aromatic carbocycles. The first-order valence-corrected chi connectivity index (χ1v) is 9.67. The minimum absolute atomic E-state index is 0.251. The van der Waals surface area contributed by atoms with Crippen molar-refractivity contribution in [1.82, 2.24) is 9.21 Å². The Morgan fingerprint density at radius 2 is 2.13 bits per heavy atom. The van der Waals surface area contributed by atoms with E-state index in [0.29, 0.717) is 30.6 Å². The Morgan fingerprint density at radius 3 is 2.70 bits per heavy atom. The average Bonchev–Trinajstić information content (AvgIpc) is 2.45. The van der Waals surface area contributed by atoms with Crippen molar-refractivity contribution in [3.8, 4) is 0 Å². The molecule has 7 heteroatoms. The molecule has 0 unspecified atom stereocenters. The molecule has 2 heterocycles. The summed E-state index contributed by atoms with van der Waals surface area (Å²) in [4.78, 5) is 2.42. The number of hydrogen-bond donors (Lipinski definition) is 0. The number of nitrogens with zero attached hydrogens (tertiary/aromatic N) is 2. The maximum absolute atomic E-state index is 12.6. The van der Waals surface area contributed by atoms with Crippen molar-refractivity contribution in [3.63, 3.8) is 0 Å². The molecule has 128 valence electrons. The molecule has 2 aliphatic rings. The number of sulfonamides is 1. The van der Waals surface area contributed by atoms with E-state index in [1.54, 1.807) is 18.2 Å². The molecule has 1 atom stereocenters. The van der Waals surface area contributed by atoms with Crippen LogP contribution in [0.2, 0.25) is 5.02 Å². The molecule has 1 aromatic rings. The van der Waals surface area contributed by atoms with Gasteiger partial charge in [0.2, 0.25) is 10.0 Å². The van der Waals surface area contributed by atoms with Crippen LogP contribution in [0.3, 0.4) is 0 Å². The topological polar surface area (TPSA) is 49.9 Å². The van der Waals surface area contributed by atoms with Crippen molar-refractivity contribution in [1.29, 1.82) is 0 Å². The maximum Gasteiger partial charge on any atom is 0.243 e. The molecule has 2 saturated heterocycles. The first-order valence-electron chi connectivity index (χ1n) is 7.85. The highest BCUT2D eigenvalue weighted by Crippen LogP contribution is 2.39. The molecule has 3 rings (SSSR count). The number of ether oxygens (including phenoxy) is 1. The lowest BCUT2D eigenvalue weighted by Gasteiger charge is -2.52. The van der Waals surface area contributed by atoms with Gasteiger partial charge in [-0.2, -0.15) is 4.31 Å². The first-order chi connectivity index (χ1) is 10.8. The van der Waals surface area contributed by atoms with E-state index in [4.69, 9.17) is 16.3 Å². The molecular formula is C16H23ClN2O3S. The van der Waals surface area contributed by atoms with Crippen LogP contribution in [-0.2, 0) is 14.8 Å². The third kappa shape index (κ3) is 3.56. The summed E-state index contributed by atoms with van der Waals surface area (Å²) in [6.45, 7) is 2.61. The Balaban J connectivity index is 1.61. The quantitative estimate of drug-likeness (QED) is 0.826. The Labute approximate surface area is 143 Å². The van der Waals surface area contributed by atoms with Gasteiger partial charge in [-0.15, -0.1) is 0 Å². The minimum atomic E-state index is -3.47. The second-order valence-electron chi connectivity index (χ2n) is 6.89. The van der Waals surface area contributed by atoms with Gasteiger partial charge >= 0.3 is 0 Å². The van der Waals surface area contributed by atoms with Crippen molar-refractivity contribution in [2.24, 2.45) is 5.92 Å². The Hall–Kier alpha value is -0.660. The van der Waals surface area contributed by atoms with Gasteiger partial charge in [-0.25, -0.2) is 8.42 Å². The van der Waals surface area contributed by atoms with Crippen LogP contribution >= 0.6 is 11.6 Å². The number of benzene rings is 1. The number of rotatable bonds is 4. The van der Waals surface area contributed by atoms with Gasteiger partial charge in [-0.05, 0) is 51.1 Å². The molecule has 0 bridgehead atoms. The van der Waals surface area contributed by atoms with Crippen LogP contribution in [-0.4, -0.2) is 63.6 Å². The number of halogens is 1. The van der Waals surface area contributed by atoms with Gasteiger partial charge in [0.1, 0.15) is 0 Å². The minimum Gasteiger partial charge on any atom is -0.372 e. The average molecular weight is 359 g/mol. The molecule has 2 aliphatic heterocycles. The van der Waals surface area contributed by atoms with Gasteiger partial charge in [0.15, 0.2) is 0 Å². The largest absolute Gasteiger partial charge is 0.372 e. The molecule has 23 heavy (non-hydrogen) atoms. The summed E-state index contributed by atoms with van der Waals surface area (Å²) in [6, 6.07) is 6.42. The maximum atomic E-state index is 12.6. The van der Waals surface area contributed by atoms with Gasteiger partial charge in [-0.1, -0.05) is 17.7 Å². The van der Waals surface area contributed by atoms with E-state index >= 15 is 0 Å². The van der Waals surface area contributed by atoms with E-state index in [0.717, 1.165) is 19.4 Å². The smallest absolute Gasteiger partial charge is 0.243 e. The second-order valence-corrected chi connectivity index (χ2v) is 9.27. The van der Waals surface area contributed by atoms with Crippen LogP contribution in [0, 0.1) is 5.92 Å². The van der Waals surface area contributed by atoms with E-state index < -0.39 is 10.0 Å². The zero-order valence-electron chi connectivity index (χ0n) is 13.5. The summed E-state index contributed by atoms with van der Waals surface area (Å²) in [6.07, 6.45) is 2.01. The van der Waals surface area contributed by atoms with E-state index in [2.05, 4.69) is 19.0 Å². The van der Waals surface area contributed by atoms with Crippen LogP contribution in [0.1, 0.15) is 12.8 Å². The molecule has 0 aromatic heterocycles. The molecule has 0 N–H and O–H groups in total. The predicted molar refractivity (Wildman–Crippen MR) is 90.2 cm³/mol. The lowest BCUT2D eigenvalue weighted by molar-refractivity contribution is -0.158. The zero-order chi connectivity index (χ0) is 16.7. The summed E-state index contributed by atoms with van der Waals surface area (Å²) < 4.78 is 32.7. The third-order valence-corrected chi connectivity index (χ3v) is 6.64. The van der Waals surface area contributed by atoms with Gasteiger partial charge in [0.25, 0.3) is 0 Å². The first kappa shape index (κ1) is 17.2. The SMILES string of the molecule is CN(C)C[C@@H]1CCC2(CN(S(=O)(=O)c3cccc(Cl)c3)C2)OC1. The Morgan fingerprint density at radius 1 is 1.39 bits per heavy atom. The second kappa shape index (κ2) is 6.33. The third-order valence-electron chi connectivity index (χ3n) is 4.62. The standard InChI is InChI=1S/C16H23ClN2O3S/c1-18(2)9-13-6-7-16(22-10-13)11-19(12-16)23(20,21)15-5-3-4-14(17)8-15/h3-5,8,13H,6-7,9-12H2,1-2H3/t13-/m0/s1. The van der Waals surface area contributed by atoms with Crippen LogP contribution in [0.15, 0.2) is 29.2 Å². The fraction of sp³-hybridized carbons (Fsp3) is 0.625. The van der Waals surface area contributed by atoms with Gasteiger partial charge in [0.05, 0.1) is 17.1 Å². The van der Waals surface area contributed by atoms with Crippen LogP contribution in [0.5, 0.6) is 0 Å². The van der Waals surface area contributed by atoms with E-state index in [9.17, 15) is 8.42 Å². The zero-order valence-corrected chi connectivity index (χ0v) is 15.1. The summed E-state index contributed by atoms with van der Waals surface area (Å²) in [5, 5.41) is 0.432. The lowest BCUT2D eigenvalue weighted by atomic mass is 9.84. The molecule has 2 fully saturated rings. The summed E-state index contributed by atoms with van der Waals surface area (Å²) in [5.41, 5.74) is -0.283. The monoisotopic (exact) mass is 358 g/mol. The fourth-order valence-electron chi connectivity index (χ4n) is 3.37. The summed E-state index contributed by atoms with van der Waals surface area (Å²) >= 11 is 5.90. The molecular weight excluding hydrogens is 336 g/mol. The van der Waals surface area contributed by atoms with Gasteiger partial charge in [-0.3, -0.25) is 0 Å². The highest BCUT2D eigenvalue weighted by molar-refractivity contribution is 7.89. The summed E-state index contributed by atoms with van der Waals surface area (Å²) in [7, 11) is 0.653. The lowest BCUT2D eigenvalue weighted by Crippen LogP contribution is -2.66. The highest BCUT2D eigenvalue weighted by atomic mass is 35.5. The van der Waals surface area contributed by atoms with Crippen LogP contribution in [0.4, 0.5) is 0 Å². The van der Waals surface area contributed by atoms with Crippen molar-refractivity contribution >= 4 is 21.6 Å². The molecule has 0 amide bonds. The normalized spacial score (nSPS) is 24.8. The molecule has 0 radical (unpaired) electrons. The molecule has 5 nitrogen and oxygen atoms in total. The van der Waals surface area contributed by atoms with E-state index in [1.807, 2.05) is 0 Å². The van der Waals surface area contributed by atoms with E-state index in [1.165, 1.54) is 10.4 Å².